The standard InChI is InChI=1S/C25H33NO4/c1-16-10-20-11-17(2)26(15-21(20)13-22(16)24(28)29-6)14-18-8-7-9-19(12-18)23(27)30-25(3,4)5/h10-11,13,15,18-19H,2,7-9,12,14H2,1,3-6H3. The van der Waals surface area contributed by atoms with E-state index in [4.69, 9.17) is 9.47 Å². The molecule has 0 aromatic heterocycles. The van der Waals surface area contributed by atoms with Gasteiger partial charge in [-0.05, 0) is 81.0 Å². The van der Waals surface area contributed by atoms with Gasteiger partial charge in [-0.3, -0.25) is 4.79 Å². The fourth-order valence-corrected chi connectivity index (χ4v) is 4.33. The van der Waals surface area contributed by atoms with E-state index in [1.807, 2.05) is 39.8 Å². The Bertz CT molecular complexity index is 970. The second-order valence-electron chi connectivity index (χ2n) is 9.47. The van der Waals surface area contributed by atoms with Crippen molar-refractivity contribution in [3.63, 3.8) is 0 Å². The first-order valence-electron chi connectivity index (χ1n) is 10.7. The topological polar surface area (TPSA) is 55.8 Å². The fourth-order valence-electron chi connectivity index (χ4n) is 4.33. The number of esters is 2. The normalized spacial score (nSPS) is 21.2. The highest BCUT2D eigenvalue weighted by Gasteiger charge is 2.31. The summed E-state index contributed by atoms with van der Waals surface area (Å²) >= 11 is 0. The number of fused-ring (bicyclic) bond motifs is 1. The first kappa shape index (κ1) is 22.1. The summed E-state index contributed by atoms with van der Waals surface area (Å²) in [6.45, 7) is 12.7. The summed E-state index contributed by atoms with van der Waals surface area (Å²) in [4.78, 5) is 26.7. The lowest BCUT2D eigenvalue weighted by Gasteiger charge is -2.34. The Morgan fingerprint density at radius 2 is 1.93 bits per heavy atom. The highest BCUT2D eigenvalue weighted by atomic mass is 16.6. The maximum absolute atomic E-state index is 12.5. The number of carbonyl (C=O) groups is 2. The van der Waals surface area contributed by atoms with Crippen molar-refractivity contribution in [2.45, 2.75) is 59.0 Å². The number of nitrogens with zero attached hydrogens (tertiary/aromatic N) is 1. The van der Waals surface area contributed by atoms with Crippen molar-refractivity contribution in [3.8, 4) is 0 Å². The van der Waals surface area contributed by atoms with Gasteiger partial charge in [-0.2, -0.15) is 0 Å². The minimum atomic E-state index is -0.451. The van der Waals surface area contributed by atoms with Crippen LogP contribution < -0.4 is 10.4 Å². The molecule has 30 heavy (non-hydrogen) atoms. The Balaban J connectivity index is 1.77. The van der Waals surface area contributed by atoms with Crippen LogP contribution in [0.4, 0.5) is 0 Å². The Morgan fingerprint density at radius 3 is 2.60 bits per heavy atom. The van der Waals surface area contributed by atoms with Gasteiger partial charge in [0.2, 0.25) is 0 Å². The molecule has 2 atom stereocenters. The van der Waals surface area contributed by atoms with E-state index in [0.717, 1.165) is 53.9 Å². The van der Waals surface area contributed by atoms with Gasteiger partial charge < -0.3 is 14.4 Å². The lowest BCUT2D eigenvalue weighted by molar-refractivity contribution is -0.161. The van der Waals surface area contributed by atoms with Crippen LogP contribution in [0.25, 0.3) is 12.3 Å². The summed E-state index contributed by atoms with van der Waals surface area (Å²) in [5, 5.41) is 2.03. The van der Waals surface area contributed by atoms with Crippen LogP contribution in [0.2, 0.25) is 0 Å². The van der Waals surface area contributed by atoms with Gasteiger partial charge in [0.05, 0.1) is 18.6 Å². The van der Waals surface area contributed by atoms with Gasteiger partial charge in [0, 0.05) is 18.4 Å². The summed E-state index contributed by atoms with van der Waals surface area (Å²) in [6, 6.07) is 3.89. The molecule has 0 N–H and O–H groups in total. The molecule has 5 nitrogen and oxygen atoms in total. The minimum Gasteiger partial charge on any atom is -0.465 e. The van der Waals surface area contributed by atoms with Crippen LogP contribution in [0.3, 0.4) is 0 Å². The fraction of sp³-hybridized carbons (Fsp3) is 0.520. The molecule has 0 amide bonds. The molecule has 1 aromatic carbocycles. The Hall–Kier alpha value is -2.56. The third-order valence-electron chi connectivity index (χ3n) is 5.80. The van der Waals surface area contributed by atoms with Crippen LogP contribution in [0.1, 0.15) is 62.4 Å². The third kappa shape index (κ3) is 5.13. The van der Waals surface area contributed by atoms with Crippen molar-refractivity contribution in [1.82, 2.24) is 4.90 Å². The first-order chi connectivity index (χ1) is 14.1. The molecule has 0 bridgehead atoms. The molecule has 0 radical (unpaired) electrons. The highest BCUT2D eigenvalue weighted by molar-refractivity contribution is 5.91. The number of rotatable bonds is 4. The summed E-state index contributed by atoms with van der Waals surface area (Å²) < 4.78 is 10.5. The van der Waals surface area contributed by atoms with Crippen molar-refractivity contribution in [3.05, 3.63) is 46.0 Å². The van der Waals surface area contributed by atoms with Crippen molar-refractivity contribution in [2.24, 2.45) is 11.8 Å². The van der Waals surface area contributed by atoms with Crippen molar-refractivity contribution in [1.29, 1.82) is 0 Å². The van der Waals surface area contributed by atoms with Gasteiger partial charge in [0.1, 0.15) is 5.60 Å². The molecule has 162 valence electrons. The molecule has 1 aromatic rings. The van der Waals surface area contributed by atoms with E-state index in [9.17, 15) is 9.59 Å². The van der Waals surface area contributed by atoms with Crippen molar-refractivity contribution in [2.75, 3.05) is 13.7 Å². The SMILES string of the molecule is C=C1C=c2cc(C)c(C(=O)OC)cc2=CN1CC1CCCC(C(=O)OC(C)(C)C)C1. The van der Waals surface area contributed by atoms with E-state index >= 15 is 0 Å². The Morgan fingerprint density at radius 1 is 1.20 bits per heavy atom. The third-order valence-corrected chi connectivity index (χ3v) is 5.80. The van der Waals surface area contributed by atoms with Gasteiger partial charge in [-0.15, -0.1) is 0 Å². The Labute approximate surface area is 179 Å². The molecule has 1 fully saturated rings. The quantitative estimate of drug-likeness (QED) is 0.712. The van der Waals surface area contributed by atoms with Gasteiger partial charge in [0.15, 0.2) is 0 Å². The number of carbonyl (C=O) groups excluding carboxylic acids is 2. The van der Waals surface area contributed by atoms with Crippen LogP contribution in [0.15, 0.2) is 24.4 Å². The maximum Gasteiger partial charge on any atom is 0.338 e. The summed E-state index contributed by atoms with van der Waals surface area (Å²) in [5.41, 5.74) is 1.94. The lowest BCUT2D eigenvalue weighted by atomic mass is 9.81. The first-order valence-corrected chi connectivity index (χ1v) is 10.7. The average Bonchev–Trinajstić information content (AvgIpc) is 2.67. The van der Waals surface area contributed by atoms with Crippen molar-refractivity contribution >= 4 is 24.2 Å². The molecule has 1 heterocycles. The summed E-state index contributed by atoms with van der Waals surface area (Å²) in [6.07, 6.45) is 7.96. The molecule has 2 aliphatic rings. The van der Waals surface area contributed by atoms with E-state index in [2.05, 4.69) is 23.8 Å². The number of ether oxygens (including phenoxy) is 2. The Kier molecular flexibility index (Phi) is 6.39. The van der Waals surface area contributed by atoms with Gasteiger partial charge in [-0.1, -0.05) is 19.1 Å². The predicted molar refractivity (Wildman–Crippen MR) is 118 cm³/mol. The molecule has 0 saturated heterocycles. The summed E-state index contributed by atoms with van der Waals surface area (Å²) in [7, 11) is 1.40. The molecule has 1 saturated carbocycles. The number of allylic oxidation sites excluding steroid dienone is 1. The zero-order chi connectivity index (χ0) is 22.1. The zero-order valence-corrected chi connectivity index (χ0v) is 18.8. The molecular weight excluding hydrogens is 378 g/mol. The number of aryl methyl sites for hydroxylation is 1. The molecule has 1 aliphatic carbocycles. The predicted octanol–water partition coefficient (Wildman–Crippen LogP) is 3.28. The smallest absolute Gasteiger partial charge is 0.338 e. The van der Waals surface area contributed by atoms with E-state index < -0.39 is 5.60 Å². The number of hydrogen-bond donors (Lipinski definition) is 0. The summed E-state index contributed by atoms with van der Waals surface area (Å²) in [5.74, 6) is -0.0495. The van der Waals surface area contributed by atoms with E-state index in [0.29, 0.717) is 11.5 Å². The molecule has 3 rings (SSSR count). The molecule has 1 aliphatic heterocycles. The second-order valence-corrected chi connectivity index (χ2v) is 9.47. The number of benzene rings is 1. The molecule has 0 spiro atoms. The average molecular weight is 412 g/mol. The molecule has 5 heteroatoms. The molecular formula is C25H33NO4. The van der Waals surface area contributed by atoms with Crippen molar-refractivity contribution < 1.29 is 19.1 Å². The van der Waals surface area contributed by atoms with E-state index in [1.54, 1.807) is 0 Å². The van der Waals surface area contributed by atoms with Gasteiger partial charge in [-0.25, -0.2) is 4.79 Å². The van der Waals surface area contributed by atoms with E-state index in [1.165, 1.54) is 7.11 Å². The largest absolute Gasteiger partial charge is 0.465 e. The number of hydrogen-bond acceptors (Lipinski definition) is 5. The van der Waals surface area contributed by atoms with E-state index in [-0.39, 0.29) is 17.9 Å². The highest BCUT2D eigenvalue weighted by Crippen LogP contribution is 2.32. The van der Waals surface area contributed by atoms with Crippen LogP contribution in [-0.2, 0) is 14.3 Å². The maximum atomic E-state index is 12.5. The lowest BCUT2D eigenvalue weighted by Crippen LogP contribution is -2.38. The van der Waals surface area contributed by atoms with Crippen LogP contribution in [-0.4, -0.2) is 36.1 Å². The van der Waals surface area contributed by atoms with Crippen LogP contribution in [0, 0.1) is 18.8 Å². The number of methoxy groups -OCH3 is 1. The molecule has 2 unspecified atom stereocenters. The van der Waals surface area contributed by atoms with Gasteiger partial charge in [0.25, 0.3) is 0 Å². The van der Waals surface area contributed by atoms with Gasteiger partial charge >= 0.3 is 11.9 Å². The van der Waals surface area contributed by atoms with Crippen LogP contribution in [0.5, 0.6) is 0 Å². The minimum absolute atomic E-state index is 0.0362. The zero-order valence-electron chi connectivity index (χ0n) is 18.8. The van der Waals surface area contributed by atoms with Crippen LogP contribution >= 0.6 is 0 Å². The second kappa shape index (κ2) is 8.66. The monoisotopic (exact) mass is 411 g/mol.